The predicted octanol–water partition coefficient (Wildman–Crippen LogP) is 5.92. The molecule has 2 rings (SSSR count). The maximum absolute atomic E-state index is 12.0. The zero-order valence-corrected chi connectivity index (χ0v) is 27.6. The molecule has 43 heavy (non-hydrogen) atoms. The van der Waals surface area contributed by atoms with Gasteiger partial charge < -0.3 is 28.4 Å². The molecule has 12 nitrogen and oxygen atoms in total. The van der Waals surface area contributed by atoms with Gasteiger partial charge in [0.1, 0.15) is 0 Å². The molecule has 0 aliphatic rings. The van der Waals surface area contributed by atoms with Crippen LogP contribution in [-0.2, 0) is 28.8 Å². The lowest BCUT2D eigenvalue weighted by atomic mass is 10.1. The van der Waals surface area contributed by atoms with Gasteiger partial charge in [0.2, 0.25) is 0 Å². The van der Waals surface area contributed by atoms with Gasteiger partial charge >= 0.3 is 35.8 Å². The number of ether oxygens (including phenoxy) is 6. The van der Waals surface area contributed by atoms with E-state index >= 15 is 0 Å². The van der Waals surface area contributed by atoms with Crippen molar-refractivity contribution in [3.05, 3.63) is 22.3 Å². The van der Waals surface area contributed by atoms with Gasteiger partial charge in [0.05, 0.1) is 9.79 Å². The van der Waals surface area contributed by atoms with Gasteiger partial charge in [-0.1, -0.05) is 0 Å². The van der Waals surface area contributed by atoms with E-state index in [4.69, 9.17) is 28.4 Å². The summed E-state index contributed by atoms with van der Waals surface area (Å²) in [6.07, 6.45) is 0. The van der Waals surface area contributed by atoms with Gasteiger partial charge in [-0.15, -0.1) is 0 Å². The van der Waals surface area contributed by atoms with Crippen LogP contribution in [0.4, 0.5) is 0 Å². The highest BCUT2D eigenvalue weighted by atomic mass is 33.5. The Morgan fingerprint density at radius 3 is 0.814 bits per heavy atom. The fourth-order valence-corrected chi connectivity index (χ4v) is 8.05. The largest absolute Gasteiger partial charge is 0.425 e. The Kier molecular flexibility index (Phi) is 12.5. The van der Waals surface area contributed by atoms with Crippen molar-refractivity contribution in [3.8, 4) is 34.5 Å². The number of carbonyl (C=O) groups excluding carboxylic acids is 6. The third-order valence-electron chi connectivity index (χ3n) is 5.26. The first-order chi connectivity index (χ1) is 20.0. The molecule has 0 aliphatic heterocycles. The lowest BCUT2D eigenvalue weighted by Gasteiger charge is -2.22. The predicted molar refractivity (Wildman–Crippen MR) is 159 cm³/mol. The molecular formula is C28H30O12S3. The molecule has 0 atom stereocenters. The van der Waals surface area contributed by atoms with E-state index in [2.05, 4.69) is 0 Å². The highest BCUT2D eigenvalue weighted by molar-refractivity contribution is 9.09. The summed E-state index contributed by atoms with van der Waals surface area (Å²) in [6.45, 7) is 13.4. The molecule has 0 unspecified atom stereocenters. The summed E-state index contributed by atoms with van der Waals surface area (Å²) in [6, 6.07) is 0. The van der Waals surface area contributed by atoms with Crippen LogP contribution in [0.5, 0.6) is 34.5 Å². The monoisotopic (exact) mass is 654 g/mol. The highest BCUT2D eigenvalue weighted by Crippen LogP contribution is 2.57. The number of esters is 6. The van der Waals surface area contributed by atoms with Crippen LogP contribution in [0, 0.1) is 27.7 Å². The van der Waals surface area contributed by atoms with Gasteiger partial charge in [-0.2, -0.15) is 0 Å². The molecule has 2 aromatic carbocycles. The summed E-state index contributed by atoms with van der Waals surface area (Å²) in [5.41, 5.74) is 1.14. The van der Waals surface area contributed by atoms with Gasteiger partial charge in [0.15, 0.2) is 34.5 Å². The van der Waals surface area contributed by atoms with Gasteiger partial charge in [-0.05, 0) is 59.1 Å². The van der Waals surface area contributed by atoms with E-state index < -0.39 is 35.8 Å². The topological polar surface area (TPSA) is 158 Å². The van der Waals surface area contributed by atoms with E-state index in [1.54, 1.807) is 13.8 Å². The van der Waals surface area contributed by atoms with E-state index in [9.17, 15) is 28.8 Å². The molecule has 0 saturated heterocycles. The summed E-state index contributed by atoms with van der Waals surface area (Å²) in [5.74, 6) is -4.04. The van der Waals surface area contributed by atoms with E-state index in [-0.39, 0.29) is 45.6 Å². The van der Waals surface area contributed by atoms with Crippen LogP contribution in [0.25, 0.3) is 0 Å². The molecule has 2 aromatic rings. The molecule has 0 amide bonds. The minimum absolute atomic E-state index is 0.0280. The SMILES string of the molecule is CC(=O)Oc1c(C)c(OC(C)=O)c(SSSc2c(C)c(OC(C)=O)c(OC(C)=O)c(C)c2OC(C)=O)c(C)c1OC(C)=O. The zero-order chi connectivity index (χ0) is 32.8. The van der Waals surface area contributed by atoms with Gasteiger partial charge in [0, 0.05) is 63.8 Å². The summed E-state index contributed by atoms with van der Waals surface area (Å²) in [4.78, 5) is 72.3. The maximum atomic E-state index is 12.0. The average molecular weight is 655 g/mol. The zero-order valence-electron chi connectivity index (χ0n) is 25.1. The van der Waals surface area contributed by atoms with Crippen molar-refractivity contribution in [3.63, 3.8) is 0 Å². The maximum Gasteiger partial charge on any atom is 0.308 e. The van der Waals surface area contributed by atoms with Crippen LogP contribution < -0.4 is 28.4 Å². The van der Waals surface area contributed by atoms with Crippen molar-refractivity contribution in [2.75, 3.05) is 0 Å². The van der Waals surface area contributed by atoms with Crippen LogP contribution in [0.2, 0.25) is 0 Å². The van der Waals surface area contributed by atoms with Gasteiger partial charge in [-0.3, -0.25) is 28.8 Å². The summed E-state index contributed by atoms with van der Waals surface area (Å²) < 4.78 is 32.4. The third kappa shape index (κ3) is 9.15. The molecular weight excluding hydrogens is 624 g/mol. The number of rotatable bonds is 10. The van der Waals surface area contributed by atoms with Crippen LogP contribution in [0.15, 0.2) is 9.79 Å². The van der Waals surface area contributed by atoms with E-state index in [0.717, 1.165) is 31.4 Å². The number of benzene rings is 2. The molecule has 232 valence electrons. The lowest BCUT2D eigenvalue weighted by molar-refractivity contribution is -0.135. The molecule has 0 radical (unpaired) electrons. The van der Waals surface area contributed by atoms with Crippen molar-refractivity contribution in [1.29, 1.82) is 0 Å². The second kappa shape index (κ2) is 15.2. The molecule has 0 saturated carbocycles. The molecule has 0 aromatic heterocycles. The van der Waals surface area contributed by atoms with Crippen LogP contribution in [-0.4, -0.2) is 35.8 Å². The summed E-state index contributed by atoms with van der Waals surface area (Å²) >= 11 is 0. The lowest BCUT2D eigenvalue weighted by Crippen LogP contribution is -2.13. The Morgan fingerprint density at radius 1 is 0.372 bits per heavy atom. The summed E-state index contributed by atoms with van der Waals surface area (Å²) in [7, 11) is 3.35. The molecule has 0 spiro atoms. The standard InChI is InChI=1S/C28H30O12S3/c1-11-21(35-15(5)29)23(37-17(7)31)13(3)27(25(11)39-19(9)33)41-43-42-28-14(4)24(38-18(8)32)22(36-16(6)30)12(2)26(28)40-20(10)34/h1-10H3. The van der Waals surface area contributed by atoms with Crippen molar-refractivity contribution in [2.45, 2.75) is 79.0 Å². The number of hydrogen-bond donors (Lipinski definition) is 0. The van der Waals surface area contributed by atoms with Crippen molar-refractivity contribution in [1.82, 2.24) is 0 Å². The molecule has 0 heterocycles. The molecule has 0 fully saturated rings. The Bertz CT molecular complexity index is 1400. The number of hydrogen-bond acceptors (Lipinski definition) is 15. The van der Waals surface area contributed by atoms with Crippen molar-refractivity contribution in [2.24, 2.45) is 0 Å². The molecule has 0 N–H and O–H groups in total. The fourth-order valence-electron chi connectivity index (χ4n) is 3.66. The first-order valence-corrected chi connectivity index (χ1v) is 15.9. The third-order valence-corrected chi connectivity index (χ3v) is 9.34. The quantitative estimate of drug-likeness (QED) is 0.169. The Morgan fingerprint density at radius 2 is 0.581 bits per heavy atom. The first kappa shape index (κ1) is 35.5. The molecule has 0 bridgehead atoms. The average Bonchev–Trinajstić information content (AvgIpc) is 2.86. The van der Waals surface area contributed by atoms with Crippen molar-refractivity contribution < 1.29 is 57.2 Å². The minimum Gasteiger partial charge on any atom is -0.425 e. The van der Waals surface area contributed by atoms with Crippen LogP contribution in [0.1, 0.15) is 63.8 Å². The summed E-state index contributed by atoms with van der Waals surface area (Å²) in [5, 5.41) is 0. The number of carbonyl (C=O) groups is 6. The fraction of sp³-hybridized carbons (Fsp3) is 0.357. The highest BCUT2D eigenvalue weighted by Gasteiger charge is 2.29. The Balaban J connectivity index is 2.72. The molecule has 15 heteroatoms. The Labute approximate surface area is 259 Å². The van der Waals surface area contributed by atoms with Gasteiger partial charge in [0.25, 0.3) is 0 Å². The first-order valence-electron chi connectivity index (χ1n) is 12.4. The second-order valence-corrected chi connectivity index (χ2v) is 12.8. The van der Waals surface area contributed by atoms with Crippen LogP contribution in [0.3, 0.4) is 0 Å². The van der Waals surface area contributed by atoms with E-state index in [1.807, 2.05) is 0 Å². The van der Waals surface area contributed by atoms with E-state index in [0.29, 0.717) is 20.9 Å². The van der Waals surface area contributed by atoms with Gasteiger partial charge in [-0.25, -0.2) is 0 Å². The van der Waals surface area contributed by atoms with E-state index in [1.165, 1.54) is 55.4 Å². The normalized spacial score (nSPS) is 10.5. The van der Waals surface area contributed by atoms with Crippen LogP contribution >= 0.6 is 31.4 Å². The smallest absolute Gasteiger partial charge is 0.308 e. The second-order valence-electron chi connectivity index (χ2n) is 8.93. The Hall–Kier alpha value is -3.69. The van der Waals surface area contributed by atoms with Crippen molar-refractivity contribution >= 4 is 67.2 Å². The molecule has 0 aliphatic carbocycles. The minimum atomic E-state index is -0.681.